The van der Waals surface area contributed by atoms with Crippen LogP contribution in [0.3, 0.4) is 0 Å². The van der Waals surface area contributed by atoms with E-state index < -0.39 is 11.9 Å². The van der Waals surface area contributed by atoms with Gasteiger partial charge in [0.15, 0.2) is 0 Å². The first-order valence-corrected chi connectivity index (χ1v) is 9.52. The zero-order valence-electron chi connectivity index (χ0n) is 16.3. The smallest absolute Gasteiger partial charge is 0.328 e. The molecular formula is C22H22N2O6. The number of fused-ring (bicyclic) bond motifs is 3. The Labute approximate surface area is 172 Å². The number of carboxylic acids is 2. The maximum Gasteiger partial charge on any atom is 0.328 e. The summed E-state index contributed by atoms with van der Waals surface area (Å²) in [6.07, 6.45) is 6.19. The Hall–Kier alpha value is -3.57. The summed E-state index contributed by atoms with van der Waals surface area (Å²) in [7, 11) is 0. The van der Waals surface area contributed by atoms with Crippen LogP contribution in [0.4, 0.5) is 0 Å². The average molecular weight is 410 g/mol. The van der Waals surface area contributed by atoms with Crippen molar-refractivity contribution in [2.75, 3.05) is 0 Å². The predicted molar refractivity (Wildman–Crippen MR) is 109 cm³/mol. The zero-order valence-corrected chi connectivity index (χ0v) is 16.3. The van der Waals surface area contributed by atoms with Gasteiger partial charge in [-0.25, -0.2) is 9.59 Å². The van der Waals surface area contributed by atoms with E-state index in [0.717, 1.165) is 29.4 Å². The van der Waals surface area contributed by atoms with Gasteiger partial charge in [-0.05, 0) is 44.4 Å². The summed E-state index contributed by atoms with van der Waals surface area (Å²) in [5.41, 5.74) is 2.25. The Morgan fingerprint density at radius 1 is 1.20 bits per heavy atom. The molecule has 1 amide bonds. The minimum atomic E-state index is -1.26. The summed E-state index contributed by atoms with van der Waals surface area (Å²) >= 11 is 0. The van der Waals surface area contributed by atoms with Gasteiger partial charge in [-0.3, -0.25) is 4.79 Å². The van der Waals surface area contributed by atoms with E-state index in [0.29, 0.717) is 29.8 Å². The molecule has 0 unspecified atom stereocenters. The number of nitrogens with one attached hydrogen (secondary N) is 2. The summed E-state index contributed by atoms with van der Waals surface area (Å²) < 4.78 is 5.47. The maximum atomic E-state index is 12.5. The molecule has 2 aliphatic rings. The van der Waals surface area contributed by atoms with E-state index in [4.69, 9.17) is 14.6 Å². The second kappa shape index (κ2) is 9.29. The first-order valence-electron chi connectivity index (χ1n) is 9.52. The lowest BCUT2D eigenvalue weighted by atomic mass is 9.95. The van der Waals surface area contributed by atoms with Gasteiger partial charge in [0.1, 0.15) is 11.8 Å². The number of furan rings is 1. The van der Waals surface area contributed by atoms with Gasteiger partial charge >= 0.3 is 11.9 Å². The standard InChI is InChI=1S/C18H18N2O2.C4H4O4/c1-2-3-12-10-22-17-7-4-11(8-14(12)17)18(21)20-16-9-13-5-6-15(16)19-13;5-3(6)1-2-4(7)8/h4,7-8,10,13,15-16,19H,5-6,9H2,1H3,(H,20,21);1-2H,(H,5,6)(H,7,8)/b;2-1+/t13-,15+,16-;/m1./s1. The summed E-state index contributed by atoms with van der Waals surface area (Å²) in [5, 5.41) is 23.2. The highest BCUT2D eigenvalue weighted by Gasteiger charge is 2.39. The highest BCUT2D eigenvalue weighted by atomic mass is 16.4. The van der Waals surface area contributed by atoms with E-state index in [9.17, 15) is 14.4 Å². The Balaban J connectivity index is 0.000000275. The van der Waals surface area contributed by atoms with Gasteiger partial charge < -0.3 is 25.3 Å². The number of carbonyl (C=O) groups is 3. The quantitative estimate of drug-likeness (QED) is 0.449. The minimum Gasteiger partial charge on any atom is -0.478 e. The van der Waals surface area contributed by atoms with Crippen molar-refractivity contribution in [3.05, 3.63) is 47.7 Å². The fourth-order valence-corrected chi connectivity index (χ4v) is 3.78. The molecule has 2 bridgehead atoms. The Bertz CT molecular complexity index is 1040. The van der Waals surface area contributed by atoms with Gasteiger partial charge in [0, 0.05) is 41.2 Å². The summed E-state index contributed by atoms with van der Waals surface area (Å²) in [6, 6.07) is 6.79. The number of amides is 1. The maximum absolute atomic E-state index is 12.5. The number of carbonyl (C=O) groups excluding carboxylic acids is 1. The SMILES string of the molecule is CC#Cc1coc2ccc(C(=O)N[C@@H]3C[C@H]4CC[C@@H]3N4)cc12.O=C(O)/C=C/C(=O)O. The third kappa shape index (κ3) is 5.07. The topological polar surface area (TPSA) is 129 Å². The summed E-state index contributed by atoms with van der Waals surface area (Å²) in [4.78, 5) is 31.6. The number of hydrogen-bond acceptors (Lipinski definition) is 5. The molecule has 1 aromatic heterocycles. The van der Waals surface area contributed by atoms with Crippen molar-refractivity contribution in [3.8, 4) is 11.8 Å². The number of rotatable bonds is 4. The van der Waals surface area contributed by atoms with E-state index in [1.54, 1.807) is 13.2 Å². The van der Waals surface area contributed by atoms with Crippen molar-refractivity contribution >= 4 is 28.8 Å². The molecule has 0 spiro atoms. The molecule has 8 heteroatoms. The van der Waals surface area contributed by atoms with E-state index in [1.165, 1.54) is 6.42 Å². The predicted octanol–water partition coefficient (Wildman–Crippen LogP) is 2.14. The lowest BCUT2D eigenvalue weighted by Gasteiger charge is -2.21. The molecule has 4 N–H and O–H groups in total. The van der Waals surface area contributed by atoms with E-state index in [1.807, 2.05) is 18.2 Å². The van der Waals surface area contributed by atoms with Crippen LogP contribution in [-0.4, -0.2) is 46.2 Å². The van der Waals surface area contributed by atoms with Crippen LogP contribution in [0.25, 0.3) is 11.0 Å². The van der Waals surface area contributed by atoms with Gasteiger partial charge in [0.2, 0.25) is 0 Å². The molecule has 3 heterocycles. The molecule has 8 nitrogen and oxygen atoms in total. The summed E-state index contributed by atoms with van der Waals surface area (Å²) in [6.45, 7) is 1.79. The lowest BCUT2D eigenvalue weighted by Crippen LogP contribution is -2.42. The first kappa shape index (κ1) is 21.1. The van der Waals surface area contributed by atoms with Crippen molar-refractivity contribution in [2.24, 2.45) is 0 Å². The van der Waals surface area contributed by atoms with Crippen LogP contribution >= 0.6 is 0 Å². The van der Waals surface area contributed by atoms with Crippen LogP contribution in [0.5, 0.6) is 0 Å². The zero-order chi connectivity index (χ0) is 21.7. The lowest BCUT2D eigenvalue weighted by molar-refractivity contribution is -0.134. The average Bonchev–Trinajstić information content (AvgIpc) is 3.43. The molecular weight excluding hydrogens is 388 g/mol. The van der Waals surface area contributed by atoms with Crippen molar-refractivity contribution in [2.45, 2.75) is 44.3 Å². The molecule has 0 saturated carbocycles. The van der Waals surface area contributed by atoms with Crippen LogP contribution < -0.4 is 10.6 Å². The molecule has 30 heavy (non-hydrogen) atoms. The van der Waals surface area contributed by atoms with Crippen molar-refractivity contribution in [1.82, 2.24) is 10.6 Å². The van der Waals surface area contributed by atoms with E-state index in [-0.39, 0.29) is 11.9 Å². The third-order valence-electron chi connectivity index (χ3n) is 5.08. The highest BCUT2D eigenvalue weighted by Crippen LogP contribution is 2.28. The summed E-state index contributed by atoms with van der Waals surface area (Å²) in [5.74, 6) is 3.35. The fourth-order valence-electron chi connectivity index (χ4n) is 3.78. The molecule has 3 atom stereocenters. The van der Waals surface area contributed by atoms with E-state index in [2.05, 4.69) is 22.5 Å². The normalized spacial score (nSPS) is 21.6. The number of aliphatic carboxylic acids is 2. The minimum absolute atomic E-state index is 0.0159. The molecule has 4 rings (SSSR count). The van der Waals surface area contributed by atoms with Crippen LogP contribution in [0.15, 0.2) is 41.0 Å². The second-order valence-electron chi connectivity index (χ2n) is 7.11. The first-order chi connectivity index (χ1) is 14.4. The largest absolute Gasteiger partial charge is 0.478 e. The fraction of sp³-hybridized carbons (Fsp3) is 0.318. The number of hydrogen-bond donors (Lipinski definition) is 4. The van der Waals surface area contributed by atoms with Gasteiger partial charge in [-0.15, -0.1) is 5.92 Å². The van der Waals surface area contributed by atoms with Crippen molar-refractivity contribution in [3.63, 3.8) is 0 Å². The molecule has 0 radical (unpaired) electrons. The van der Waals surface area contributed by atoms with Crippen LogP contribution in [0.2, 0.25) is 0 Å². The Morgan fingerprint density at radius 3 is 2.50 bits per heavy atom. The number of carboxylic acid groups (broad SMARTS) is 2. The van der Waals surface area contributed by atoms with Crippen LogP contribution in [-0.2, 0) is 9.59 Å². The van der Waals surface area contributed by atoms with Gasteiger partial charge in [0.25, 0.3) is 5.91 Å². The van der Waals surface area contributed by atoms with Crippen LogP contribution in [0, 0.1) is 11.8 Å². The Morgan fingerprint density at radius 2 is 1.93 bits per heavy atom. The molecule has 2 saturated heterocycles. The van der Waals surface area contributed by atoms with Crippen molar-refractivity contribution < 1.29 is 29.0 Å². The number of benzene rings is 1. The molecule has 1 aromatic carbocycles. The molecule has 2 fully saturated rings. The van der Waals surface area contributed by atoms with Gasteiger partial charge in [0.05, 0.1) is 5.56 Å². The highest BCUT2D eigenvalue weighted by molar-refractivity contribution is 5.99. The van der Waals surface area contributed by atoms with Crippen LogP contribution in [0.1, 0.15) is 42.1 Å². The molecule has 0 aliphatic carbocycles. The van der Waals surface area contributed by atoms with Gasteiger partial charge in [-0.1, -0.05) is 5.92 Å². The Kier molecular flexibility index (Phi) is 6.54. The van der Waals surface area contributed by atoms with E-state index >= 15 is 0 Å². The molecule has 2 aliphatic heterocycles. The third-order valence-corrected chi connectivity index (χ3v) is 5.08. The molecule has 2 aromatic rings. The molecule has 156 valence electrons. The van der Waals surface area contributed by atoms with Gasteiger partial charge in [-0.2, -0.15) is 0 Å². The van der Waals surface area contributed by atoms with Crippen molar-refractivity contribution in [1.29, 1.82) is 0 Å². The second-order valence-corrected chi connectivity index (χ2v) is 7.11. The monoisotopic (exact) mass is 410 g/mol.